The van der Waals surface area contributed by atoms with Crippen LogP contribution in [0.25, 0.3) is 0 Å². The summed E-state index contributed by atoms with van der Waals surface area (Å²) in [6.07, 6.45) is -4.71. The summed E-state index contributed by atoms with van der Waals surface area (Å²) in [5.41, 5.74) is 0.548. The Morgan fingerprint density at radius 3 is 2.52 bits per heavy atom. The predicted molar refractivity (Wildman–Crippen MR) is 82.3 cm³/mol. The number of benzene rings is 1. The number of ether oxygens (including phenoxy) is 1. The number of nitrogens with zero attached hydrogens (tertiary/aromatic N) is 2. The van der Waals surface area contributed by atoms with Crippen LogP contribution in [0.5, 0.6) is 5.75 Å². The molecule has 124 valence electrons. The molecule has 23 heavy (non-hydrogen) atoms. The summed E-state index contributed by atoms with van der Waals surface area (Å²) in [5, 5.41) is 11.1. The molecule has 0 radical (unpaired) electrons. The molecule has 2 rings (SSSR count). The molecule has 0 amide bonds. The average Bonchev–Trinajstić information content (AvgIpc) is 2.86. The molecule has 0 saturated heterocycles. The van der Waals surface area contributed by atoms with Gasteiger partial charge in [0.05, 0.1) is 5.25 Å². The first-order valence-corrected chi connectivity index (χ1v) is 8.06. The summed E-state index contributed by atoms with van der Waals surface area (Å²) in [7, 11) is 0. The fourth-order valence-corrected chi connectivity index (χ4v) is 3.32. The van der Waals surface area contributed by atoms with Gasteiger partial charge in [0, 0.05) is 5.69 Å². The zero-order valence-corrected chi connectivity index (χ0v) is 13.7. The third kappa shape index (κ3) is 5.71. The van der Waals surface area contributed by atoms with Crippen molar-refractivity contribution in [2.24, 2.45) is 0 Å². The van der Waals surface area contributed by atoms with E-state index >= 15 is 0 Å². The van der Waals surface area contributed by atoms with Gasteiger partial charge in [-0.3, -0.25) is 4.79 Å². The molecule has 0 aliphatic carbocycles. The lowest BCUT2D eigenvalue weighted by atomic mass is 10.3. The Balaban J connectivity index is 1.97. The number of halogens is 3. The van der Waals surface area contributed by atoms with Crippen molar-refractivity contribution in [3.63, 3.8) is 0 Å². The van der Waals surface area contributed by atoms with Crippen LogP contribution in [-0.4, -0.2) is 27.6 Å². The van der Waals surface area contributed by atoms with Crippen LogP contribution in [0.1, 0.15) is 13.8 Å². The van der Waals surface area contributed by atoms with E-state index < -0.39 is 6.36 Å². The Hall–Kier alpha value is -1.81. The Morgan fingerprint density at radius 2 is 1.96 bits per heavy atom. The van der Waals surface area contributed by atoms with Crippen molar-refractivity contribution in [3.8, 4) is 5.75 Å². The van der Waals surface area contributed by atoms with Gasteiger partial charge in [-0.05, 0) is 38.1 Å². The summed E-state index contributed by atoms with van der Waals surface area (Å²) in [6.45, 7) is 3.28. The summed E-state index contributed by atoms with van der Waals surface area (Å²) in [6, 6.07) is 5.27. The summed E-state index contributed by atoms with van der Waals surface area (Å²) >= 11 is 2.56. The number of ketones is 1. The third-order valence-corrected chi connectivity index (χ3v) is 4.74. The first-order valence-electron chi connectivity index (χ1n) is 6.36. The molecule has 1 N–H and O–H groups in total. The van der Waals surface area contributed by atoms with Gasteiger partial charge in [0.25, 0.3) is 0 Å². The minimum atomic E-state index is -4.71. The van der Waals surface area contributed by atoms with E-state index in [1.54, 1.807) is 6.92 Å². The quantitative estimate of drug-likeness (QED) is 0.774. The minimum absolute atomic E-state index is 0.0416. The maximum absolute atomic E-state index is 12.1. The molecule has 0 spiro atoms. The Morgan fingerprint density at radius 1 is 1.30 bits per heavy atom. The molecular weight excluding hydrogens is 351 g/mol. The number of hydrogen-bond acceptors (Lipinski definition) is 7. The van der Waals surface area contributed by atoms with Crippen molar-refractivity contribution in [2.45, 2.75) is 29.8 Å². The monoisotopic (exact) mass is 363 g/mol. The molecule has 1 heterocycles. The molecule has 1 atom stereocenters. The largest absolute Gasteiger partial charge is 0.573 e. The number of nitrogens with one attached hydrogen (secondary N) is 1. The molecule has 10 heteroatoms. The topological polar surface area (TPSA) is 64.1 Å². The molecular formula is C13H12F3N3O2S2. The first-order chi connectivity index (χ1) is 10.7. The molecule has 1 aromatic carbocycles. The number of carbonyl (C=O) groups excluding carboxylic acids is 1. The van der Waals surface area contributed by atoms with Crippen LogP contribution in [0.3, 0.4) is 0 Å². The molecule has 0 aliphatic rings. The standard InChI is InChI=1S/C13H12F3N3O2S2/c1-7(20)8(2)22-12-19-18-11(23-12)17-9-3-5-10(6-4-9)21-13(14,15)16/h3-6,8H,1-2H3,(H,17,18). The van der Waals surface area contributed by atoms with Crippen molar-refractivity contribution in [2.75, 3.05) is 5.32 Å². The number of anilines is 2. The lowest BCUT2D eigenvalue weighted by Crippen LogP contribution is -2.16. The predicted octanol–water partition coefficient (Wildman–Crippen LogP) is 4.25. The van der Waals surface area contributed by atoms with E-state index in [0.29, 0.717) is 15.2 Å². The van der Waals surface area contributed by atoms with E-state index in [1.165, 1.54) is 54.3 Å². The number of carbonyl (C=O) groups is 1. The lowest BCUT2D eigenvalue weighted by Gasteiger charge is -2.09. The summed E-state index contributed by atoms with van der Waals surface area (Å²) < 4.78 is 40.6. The number of Topliss-reactive ketones (excluding diaryl/α,β-unsaturated/α-hetero) is 1. The zero-order chi connectivity index (χ0) is 17.0. The number of alkyl halides is 3. The summed E-state index contributed by atoms with van der Waals surface area (Å²) in [5.74, 6) is -0.258. The third-order valence-electron chi connectivity index (χ3n) is 2.60. The van der Waals surface area contributed by atoms with Crippen LogP contribution in [-0.2, 0) is 4.79 Å². The van der Waals surface area contributed by atoms with E-state index in [9.17, 15) is 18.0 Å². The fraction of sp³-hybridized carbons (Fsp3) is 0.308. The van der Waals surface area contributed by atoms with Gasteiger partial charge in [-0.1, -0.05) is 23.1 Å². The van der Waals surface area contributed by atoms with Gasteiger partial charge in [-0.2, -0.15) is 0 Å². The van der Waals surface area contributed by atoms with E-state index in [0.717, 1.165) is 0 Å². The maximum Gasteiger partial charge on any atom is 0.573 e. The van der Waals surface area contributed by atoms with Crippen LogP contribution >= 0.6 is 23.1 Å². The second-order valence-electron chi connectivity index (χ2n) is 4.44. The van der Waals surface area contributed by atoms with Gasteiger partial charge in [-0.25, -0.2) is 0 Å². The van der Waals surface area contributed by atoms with Gasteiger partial charge in [0.15, 0.2) is 4.34 Å². The second-order valence-corrected chi connectivity index (χ2v) is 7.01. The van der Waals surface area contributed by atoms with Crippen LogP contribution in [0, 0.1) is 0 Å². The van der Waals surface area contributed by atoms with Gasteiger partial charge in [0.2, 0.25) is 5.13 Å². The van der Waals surface area contributed by atoms with Crippen molar-refractivity contribution in [3.05, 3.63) is 24.3 Å². The number of hydrogen-bond donors (Lipinski definition) is 1. The van der Waals surface area contributed by atoms with Crippen LogP contribution in [0.15, 0.2) is 28.6 Å². The molecule has 0 fully saturated rings. The van der Waals surface area contributed by atoms with Crippen LogP contribution in [0.4, 0.5) is 24.0 Å². The highest BCUT2D eigenvalue weighted by molar-refractivity contribution is 8.02. The normalized spacial score (nSPS) is 12.7. The molecule has 1 aromatic heterocycles. The SMILES string of the molecule is CC(=O)C(C)Sc1nnc(Nc2ccc(OC(F)(F)F)cc2)s1. The minimum Gasteiger partial charge on any atom is -0.406 e. The Kier molecular flexibility index (Phi) is 5.47. The highest BCUT2D eigenvalue weighted by Crippen LogP contribution is 2.31. The van der Waals surface area contributed by atoms with Crippen molar-refractivity contribution < 1.29 is 22.7 Å². The zero-order valence-electron chi connectivity index (χ0n) is 12.0. The molecule has 0 aliphatic heterocycles. The van der Waals surface area contributed by atoms with E-state index in [4.69, 9.17) is 0 Å². The lowest BCUT2D eigenvalue weighted by molar-refractivity contribution is -0.274. The fourth-order valence-electron chi connectivity index (χ4n) is 1.41. The van der Waals surface area contributed by atoms with E-state index in [1.807, 2.05) is 0 Å². The molecule has 0 bridgehead atoms. The van der Waals surface area contributed by atoms with E-state index in [-0.39, 0.29) is 16.8 Å². The van der Waals surface area contributed by atoms with Gasteiger partial charge < -0.3 is 10.1 Å². The number of rotatable bonds is 6. The van der Waals surface area contributed by atoms with Crippen molar-refractivity contribution in [1.29, 1.82) is 0 Å². The van der Waals surface area contributed by atoms with Gasteiger partial charge >= 0.3 is 6.36 Å². The molecule has 2 aromatic rings. The average molecular weight is 363 g/mol. The highest BCUT2D eigenvalue weighted by atomic mass is 32.2. The van der Waals surface area contributed by atoms with Crippen LogP contribution < -0.4 is 10.1 Å². The molecule has 0 saturated carbocycles. The Bertz CT molecular complexity index is 674. The van der Waals surface area contributed by atoms with Crippen LogP contribution in [0.2, 0.25) is 0 Å². The Labute approximate surface area is 138 Å². The maximum atomic E-state index is 12.1. The number of aromatic nitrogens is 2. The van der Waals surface area contributed by atoms with Crippen molar-refractivity contribution >= 4 is 39.7 Å². The van der Waals surface area contributed by atoms with Gasteiger partial charge in [0.1, 0.15) is 11.5 Å². The first kappa shape index (κ1) is 17.5. The van der Waals surface area contributed by atoms with Gasteiger partial charge in [-0.15, -0.1) is 23.4 Å². The smallest absolute Gasteiger partial charge is 0.406 e. The number of thioether (sulfide) groups is 1. The molecule has 5 nitrogen and oxygen atoms in total. The highest BCUT2D eigenvalue weighted by Gasteiger charge is 2.30. The molecule has 1 unspecified atom stereocenters. The second kappa shape index (κ2) is 7.18. The summed E-state index contributed by atoms with van der Waals surface area (Å²) in [4.78, 5) is 11.2. The van der Waals surface area contributed by atoms with Crippen molar-refractivity contribution in [1.82, 2.24) is 10.2 Å². The van der Waals surface area contributed by atoms with E-state index in [2.05, 4.69) is 20.3 Å².